The number of phosphoric acid groups is 1. The van der Waals surface area contributed by atoms with Crippen LogP contribution in [-0.2, 0) is 27.9 Å². The van der Waals surface area contributed by atoms with Crippen molar-refractivity contribution < 1.29 is 58.4 Å². The lowest BCUT2D eigenvalue weighted by molar-refractivity contribution is -0.247. The zero-order valence-corrected chi connectivity index (χ0v) is 19.6. The van der Waals surface area contributed by atoms with E-state index in [1.54, 1.807) is 0 Å². The highest BCUT2D eigenvalue weighted by molar-refractivity contribution is 7.46. The van der Waals surface area contributed by atoms with Gasteiger partial charge in [0.05, 0.1) is 18.8 Å². The molecule has 1 amide bonds. The highest BCUT2D eigenvalue weighted by Gasteiger charge is 2.53. The molecule has 1 aromatic heterocycles. The molecule has 0 spiro atoms. The summed E-state index contributed by atoms with van der Waals surface area (Å²) >= 11 is 0. The monoisotopic (exact) mass is 537 g/mol. The molecule has 1 saturated carbocycles. The van der Waals surface area contributed by atoms with E-state index < -0.39 is 93.2 Å². The van der Waals surface area contributed by atoms with Crippen LogP contribution < -0.4 is 21.6 Å². The number of amides is 1. The maximum atomic E-state index is 12.5. The number of carbonyl (C=O) groups excluding carboxylic acids is 1. The Morgan fingerprint density at radius 2 is 1.97 bits per heavy atom. The Bertz CT molecular complexity index is 1100. The van der Waals surface area contributed by atoms with Gasteiger partial charge in [0.1, 0.15) is 30.2 Å². The summed E-state index contributed by atoms with van der Waals surface area (Å²) in [4.78, 5) is 51.3. The van der Waals surface area contributed by atoms with Gasteiger partial charge in [0.25, 0.3) is 7.82 Å². The van der Waals surface area contributed by atoms with Crippen LogP contribution in [0.2, 0.25) is 0 Å². The van der Waals surface area contributed by atoms with Crippen molar-refractivity contribution in [3.05, 3.63) is 22.7 Å². The van der Waals surface area contributed by atoms with Crippen LogP contribution in [-0.4, -0.2) is 95.7 Å². The van der Waals surface area contributed by atoms with Gasteiger partial charge in [-0.15, -0.1) is 0 Å². The summed E-state index contributed by atoms with van der Waals surface area (Å²) in [6.07, 6.45) is -10.2. The molecule has 0 aromatic carbocycles. The number of aliphatic carboxylic acids is 1. The summed E-state index contributed by atoms with van der Waals surface area (Å²) in [5, 5.41) is 52.5. The number of aliphatic hydroxyl groups is 4. The molecule has 0 radical (unpaired) electrons. The van der Waals surface area contributed by atoms with E-state index in [-0.39, 0.29) is 5.82 Å². The number of nitrogens with zero attached hydrogens (tertiary/aromatic N) is 2. The van der Waals surface area contributed by atoms with E-state index in [9.17, 15) is 49.4 Å². The van der Waals surface area contributed by atoms with Gasteiger partial charge in [0.15, 0.2) is 11.8 Å². The summed E-state index contributed by atoms with van der Waals surface area (Å²) in [6, 6.07) is -0.132. The molecular formula is C18H26N4O13P-. The number of carbonyl (C=O) groups is 2. The second kappa shape index (κ2) is 10.5. The highest BCUT2D eigenvalue weighted by Crippen LogP contribution is 2.48. The minimum absolute atomic E-state index is 0.109. The molecule has 4 unspecified atom stereocenters. The Morgan fingerprint density at radius 3 is 2.56 bits per heavy atom. The lowest BCUT2D eigenvalue weighted by Gasteiger charge is -2.44. The van der Waals surface area contributed by atoms with Gasteiger partial charge < -0.3 is 50.7 Å². The fourth-order valence-electron chi connectivity index (χ4n) is 4.09. The van der Waals surface area contributed by atoms with Crippen molar-refractivity contribution in [1.82, 2.24) is 14.9 Å². The minimum Gasteiger partial charge on any atom is -0.756 e. The number of phosphoric ester groups is 1. The van der Waals surface area contributed by atoms with Crippen molar-refractivity contribution in [3.8, 4) is 0 Å². The Labute approximate surface area is 202 Å². The van der Waals surface area contributed by atoms with Crippen LogP contribution in [0.5, 0.6) is 0 Å². The van der Waals surface area contributed by atoms with E-state index in [2.05, 4.69) is 14.8 Å². The van der Waals surface area contributed by atoms with Gasteiger partial charge in [-0.05, 0) is 6.07 Å². The number of nitrogen functional groups attached to an aromatic ring is 1. The Kier molecular flexibility index (Phi) is 8.19. The van der Waals surface area contributed by atoms with Crippen molar-refractivity contribution in [2.75, 3.05) is 12.3 Å². The van der Waals surface area contributed by atoms with E-state index in [4.69, 9.17) is 15.0 Å². The molecule has 18 heteroatoms. The molecule has 9 atom stereocenters. The van der Waals surface area contributed by atoms with Crippen molar-refractivity contribution in [2.45, 2.75) is 68.2 Å². The summed E-state index contributed by atoms with van der Waals surface area (Å²) in [6.45, 7) is 0.115. The minimum atomic E-state index is -5.50. The van der Waals surface area contributed by atoms with Crippen LogP contribution in [0.1, 0.15) is 26.0 Å². The molecule has 2 aliphatic rings. The largest absolute Gasteiger partial charge is 0.756 e. The number of nitrogens with one attached hydrogen (secondary N) is 1. The van der Waals surface area contributed by atoms with Gasteiger partial charge in [0.2, 0.25) is 5.91 Å². The normalized spacial score (nSPS) is 36.2. The predicted molar refractivity (Wildman–Crippen MR) is 113 cm³/mol. The molecule has 1 aliphatic carbocycles. The first-order chi connectivity index (χ1) is 16.7. The molecule has 1 aromatic rings. The molecular weight excluding hydrogens is 511 g/mol. The molecule has 3 rings (SSSR count). The van der Waals surface area contributed by atoms with Crippen molar-refractivity contribution in [3.63, 3.8) is 0 Å². The number of nitrogens with two attached hydrogens (primary N) is 1. The quantitative estimate of drug-likeness (QED) is 0.155. The zero-order chi connectivity index (χ0) is 27.0. The fraction of sp³-hybridized carbons (Fsp3) is 0.667. The van der Waals surface area contributed by atoms with Gasteiger partial charge in [-0.1, -0.05) is 0 Å². The van der Waals surface area contributed by atoms with E-state index in [1.165, 1.54) is 6.07 Å². The number of ether oxygens (including phenoxy) is 1. The highest BCUT2D eigenvalue weighted by atomic mass is 31.2. The van der Waals surface area contributed by atoms with E-state index in [0.717, 1.165) is 17.7 Å². The Balaban J connectivity index is 1.72. The first-order valence-corrected chi connectivity index (χ1v) is 12.0. The Hall–Kier alpha value is -2.47. The topological polar surface area (TPSA) is 276 Å². The third kappa shape index (κ3) is 5.91. The van der Waals surface area contributed by atoms with Gasteiger partial charge in [-0.25, -0.2) is 9.59 Å². The van der Waals surface area contributed by atoms with Gasteiger partial charge >= 0.3 is 11.7 Å². The molecule has 2 fully saturated rings. The maximum absolute atomic E-state index is 12.5. The summed E-state index contributed by atoms with van der Waals surface area (Å²) in [5.74, 6) is -2.60. The summed E-state index contributed by atoms with van der Waals surface area (Å²) in [7, 11) is -5.50. The molecule has 1 saturated heterocycles. The van der Waals surface area contributed by atoms with Crippen LogP contribution in [0.15, 0.2) is 17.1 Å². The van der Waals surface area contributed by atoms with E-state index >= 15 is 0 Å². The molecule has 202 valence electrons. The van der Waals surface area contributed by atoms with Crippen LogP contribution >= 0.6 is 7.82 Å². The summed E-state index contributed by atoms with van der Waals surface area (Å²) in [5.41, 5.74) is 1.88. The average molecular weight is 537 g/mol. The SMILES string of the molecule is CC(=O)N[C@@H]1C[C@@](OP(=O)([O-])OC[C@H]2O[C@@H](n3ccc(N)nc3=O)C(O)C2O)(C(=O)O)CC(O)[C@@H]1O. The van der Waals surface area contributed by atoms with Crippen molar-refractivity contribution in [1.29, 1.82) is 0 Å². The molecule has 36 heavy (non-hydrogen) atoms. The number of carboxylic acid groups (broad SMARTS) is 1. The Morgan fingerprint density at radius 1 is 1.31 bits per heavy atom. The number of rotatable bonds is 8. The number of carboxylic acids is 1. The third-order valence-corrected chi connectivity index (χ3v) is 6.86. The van der Waals surface area contributed by atoms with Gasteiger partial charge in [0, 0.05) is 26.0 Å². The van der Waals surface area contributed by atoms with Crippen LogP contribution in [0.4, 0.5) is 5.82 Å². The van der Waals surface area contributed by atoms with Crippen LogP contribution in [0.25, 0.3) is 0 Å². The third-order valence-electron chi connectivity index (χ3n) is 5.82. The van der Waals surface area contributed by atoms with Gasteiger partial charge in [-0.2, -0.15) is 4.98 Å². The van der Waals surface area contributed by atoms with Gasteiger partial charge in [-0.3, -0.25) is 18.5 Å². The lowest BCUT2D eigenvalue weighted by Crippen LogP contribution is -2.61. The standard InChI is InChI=1S/C18H27N4O13P/c1-7(23)20-8-4-18(16(28)29,5-9(24)12(8)25)35-36(31,32)33-6-10-13(26)14(27)15(34-10)22-3-2-11(19)21-17(22)30/h2-3,8-10,12-15,24-27H,4-6H2,1H3,(H,20,23)(H,28,29)(H,31,32)(H2,19,21,30)/p-1/t8-,9?,10-,12-,13?,14?,15-,18+/m1/s1. The second-order valence-electron chi connectivity index (χ2n) is 8.50. The number of hydrogen-bond donors (Lipinski definition) is 7. The number of anilines is 1. The van der Waals surface area contributed by atoms with Crippen molar-refractivity contribution >= 4 is 25.5 Å². The van der Waals surface area contributed by atoms with Crippen LogP contribution in [0, 0.1) is 0 Å². The van der Waals surface area contributed by atoms with E-state index in [1.807, 2.05) is 0 Å². The van der Waals surface area contributed by atoms with Crippen LogP contribution in [0.3, 0.4) is 0 Å². The molecule has 0 bridgehead atoms. The molecule has 17 nitrogen and oxygen atoms in total. The summed E-state index contributed by atoms with van der Waals surface area (Å²) < 4.78 is 28.2. The van der Waals surface area contributed by atoms with Crippen molar-refractivity contribution in [2.24, 2.45) is 0 Å². The predicted octanol–water partition coefficient (Wildman–Crippen LogP) is -4.21. The lowest BCUT2D eigenvalue weighted by atomic mass is 9.78. The average Bonchev–Trinajstić information content (AvgIpc) is 3.03. The molecule has 8 N–H and O–H groups in total. The molecule has 1 aliphatic heterocycles. The number of hydrogen-bond acceptors (Lipinski definition) is 14. The zero-order valence-electron chi connectivity index (χ0n) is 18.7. The second-order valence-corrected chi connectivity index (χ2v) is 9.83. The van der Waals surface area contributed by atoms with E-state index in [0.29, 0.717) is 0 Å². The smallest absolute Gasteiger partial charge is 0.351 e. The first kappa shape index (κ1) is 28.1. The molecule has 2 heterocycles. The number of aliphatic hydroxyl groups excluding tert-OH is 4. The fourth-order valence-corrected chi connectivity index (χ4v) is 5.13. The number of aromatic nitrogens is 2. The first-order valence-electron chi connectivity index (χ1n) is 10.5. The maximum Gasteiger partial charge on any atom is 0.351 e.